The maximum absolute atomic E-state index is 5.96. The van der Waals surface area contributed by atoms with E-state index < -0.39 is 0 Å². The Balaban J connectivity index is 2.12. The molecule has 2 heterocycles. The molecule has 1 aromatic heterocycles. The molecule has 1 aliphatic heterocycles. The Morgan fingerprint density at radius 1 is 1.24 bits per heavy atom. The van der Waals surface area contributed by atoms with Gasteiger partial charge in [0.1, 0.15) is 0 Å². The molecule has 0 spiro atoms. The molecule has 0 atom stereocenters. The Morgan fingerprint density at radius 2 is 2.00 bits per heavy atom. The third-order valence-corrected chi connectivity index (χ3v) is 4.22. The van der Waals surface area contributed by atoms with E-state index in [-0.39, 0.29) is 0 Å². The zero-order valence-electron chi connectivity index (χ0n) is 9.48. The van der Waals surface area contributed by atoms with E-state index in [9.17, 15) is 0 Å². The summed E-state index contributed by atoms with van der Waals surface area (Å²) in [5.74, 6) is 0.522. The Labute approximate surface area is 104 Å². The SMILES string of the molecule is Nc1nc2c(C3CCOCC3)ccc(N)c2s1. The second kappa shape index (κ2) is 4.16. The van der Waals surface area contributed by atoms with Crippen LogP contribution in [0.1, 0.15) is 24.3 Å². The third kappa shape index (κ3) is 1.85. The molecule has 1 aromatic carbocycles. The van der Waals surface area contributed by atoms with Crippen molar-refractivity contribution in [1.82, 2.24) is 4.98 Å². The standard InChI is InChI=1S/C12H15N3OS/c13-9-2-1-8(7-3-5-16-6-4-7)10-11(9)17-12(14)15-10/h1-2,7H,3-6,13H2,(H2,14,15). The van der Waals surface area contributed by atoms with Gasteiger partial charge in [0.25, 0.3) is 0 Å². The quantitative estimate of drug-likeness (QED) is 0.761. The van der Waals surface area contributed by atoms with Gasteiger partial charge in [-0.25, -0.2) is 4.98 Å². The number of rotatable bonds is 1. The number of fused-ring (bicyclic) bond motifs is 1. The molecule has 0 amide bonds. The second-order valence-corrected chi connectivity index (χ2v) is 5.39. The largest absolute Gasteiger partial charge is 0.398 e. The fourth-order valence-corrected chi connectivity index (χ4v) is 3.19. The Bertz CT molecular complexity index is 546. The smallest absolute Gasteiger partial charge is 0.181 e. The average Bonchev–Trinajstić information content (AvgIpc) is 2.73. The van der Waals surface area contributed by atoms with Crippen LogP contribution < -0.4 is 11.5 Å². The van der Waals surface area contributed by atoms with E-state index >= 15 is 0 Å². The van der Waals surface area contributed by atoms with Crippen LogP contribution in [0.25, 0.3) is 10.2 Å². The molecule has 2 aromatic rings. The topological polar surface area (TPSA) is 74.2 Å². The van der Waals surface area contributed by atoms with E-state index in [1.807, 2.05) is 6.07 Å². The van der Waals surface area contributed by atoms with Crippen LogP contribution in [0.4, 0.5) is 10.8 Å². The minimum atomic E-state index is 0.522. The van der Waals surface area contributed by atoms with Gasteiger partial charge in [-0.15, -0.1) is 0 Å². The molecule has 17 heavy (non-hydrogen) atoms. The monoisotopic (exact) mass is 249 g/mol. The van der Waals surface area contributed by atoms with Crippen LogP contribution in [0.2, 0.25) is 0 Å². The number of ether oxygens (including phenoxy) is 1. The van der Waals surface area contributed by atoms with Crippen LogP contribution in [0, 0.1) is 0 Å². The van der Waals surface area contributed by atoms with Crippen molar-refractivity contribution in [3.8, 4) is 0 Å². The van der Waals surface area contributed by atoms with Gasteiger partial charge in [0.15, 0.2) is 5.13 Å². The lowest BCUT2D eigenvalue weighted by atomic mass is 9.91. The minimum Gasteiger partial charge on any atom is -0.398 e. The first-order valence-electron chi connectivity index (χ1n) is 5.78. The van der Waals surface area contributed by atoms with E-state index in [0.29, 0.717) is 11.0 Å². The van der Waals surface area contributed by atoms with E-state index in [1.54, 1.807) is 0 Å². The summed E-state index contributed by atoms with van der Waals surface area (Å²) in [5, 5.41) is 0.589. The molecule has 5 heteroatoms. The molecular formula is C12H15N3OS. The highest BCUT2D eigenvalue weighted by atomic mass is 32.1. The van der Waals surface area contributed by atoms with Crippen molar-refractivity contribution in [3.63, 3.8) is 0 Å². The van der Waals surface area contributed by atoms with Crippen molar-refractivity contribution in [2.24, 2.45) is 0 Å². The molecule has 1 fully saturated rings. The Morgan fingerprint density at radius 3 is 2.76 bits per heavy atom. The van der Waals surface area contributed by atoms with Gasteiger partial charge in [-0.05, 0) is 30.4 Å². The van der Waals surface area contributed by atoms with Gasteiger partial charge in [-0.2, -0.15) is 0 Å². The summed E-state index contributed by atoms with van der Waals surface area (Å²) in [6, 6.07) is 4.05. The van der Waals surface area contributed by atoms with E-state index in [1.165, 1.54) is 16.9 Å². The van der Waals surface area contributed by atoms with Crippen LogP contribution in [-0.2, 0) is 4.74 Å². The van der Waals surface area contributed by atoms with Crippen LogP contribution in [0.15, 0.2) is 12.1 Å². The van der Waals surface area contributed by atoms with Crippen molar-refractivity contribution < 1.29 is 4.74 Å². The number of hydrogen-bond acceptors (Lipinski definition) is 5. The number of thiazole rings is 1. The van der Waals surface area contributed by atoms with Crippen LogP contribution in [-0.4, -0.2) is 18.2 Å². The van der Waals surface area contributed by atoms with Crippen LogP contribution in [0.3, 0.4) is 0 Å². The lowest BCUT2D eigenvalue weighted by Crippen LogP contribution is -2.14. The molecule has 4 N–H and O–H groups in total. The van der Waals surface area contributed by atoms with E-state index in [0.717, 1.165) is 42.0 Å². The molecule has 0 saturated carbocycles. The van der Waals surface area contributed by atoms with Crippen LogP contribution in [0.5, 0.6) is 0 Å². The molecule has 0 radical (unpaired) electrons. The number of hydrogen-bond donors (Lipinski definition) is 2. The second-order valence-electron chi connectivity index (χ2n) is 4.36. The molecule has 0 aliphatic carbocycles. The first-order valence-corrected chi connectivity index (χ1v) is 6.59. The Hall–Kier alpha value is -1.33. The maximum atomic E-state index is 5.96. The summed E-state index contributed by atoms with van der Waals surface area (Å²) in [7, 11) is 0. The molecule has 90 valence electrons. The zero-order chi connectivity index (χ0) is 11.8. The van der Waals surface area contributed by atoms with Crippen molar-refractivity contribution in [1.29, 1.82) is 0 Å². The summed E-state index contributed by atoms with van der Waals surface area (Å²) in [4.78, 5) is 4.42. The van der Waals surface area contributed by atoms with Gasteiger partial charge in [0, 0.05) is 13.2 Å². The van der Waals surface area contributed by atoms with Gasteiger partial charge in [0.05, 0.1) is 15.9 Å². The predicted molar refractivity (Wildman–Crippen MR) is 71.2 cm³/mol. The highest BCUT2D eigenvalue weighted by Crippen LogP contribution is 2.37. The average molecular weight is 249 g/mol. The highest BCUT2D eigenvalue weighted by molar-refractivity contribution is 7.22. The first-order chi connectivity index (χ1) is 8.25. The lowest BCUT2D eigenvalue weighted by molar-refractivity contribution is 0.0856. The number of nitrogen functional groups attached to an aromatic ring is 2. The molecule has 0 bridgehead atoms. The molecule has 1 aliphatic rings. The number of nitrogens with two attached hydrogens (primary N) is 2. The van der Waals surface area contributed by atoms with Crippen LogP contribution >= 0.6 is 11.3 Å². The van der Waals surface area contributed by atoms with E-state index in [4.69, 9.17) is 16.2 Å². The summed E-state index contributed by atoms with van der Waals surface area (Å²) < 4.78 is 6.41. The molecule has 4 nitrogen and oxygen atoms in total. The van der Waals surface area contributed by atoms with Gasteiger partial charge >= 0.3 is 0 Å². The molecule has 1 saturated heterocycles. The lowest BCUT2D eigenvalue weighted by Gasteiger charge is -2.22. The minimum absolute atomic E-state index is 0.522. The summed E-state index contributed by atoms with van der Waals surface area (Å²) >= 11 is 1.47. The molecule has 0 unspecified atom stereocenters. The fourth-order valence-electron chi connectivity index (χ4n) is 2.40. The van der Waals surface area contributed by atoms with Gasteiger partial charge in [-0.1, -0.05) is 17.4 Å². The van der Waals surface area contributed by atoms with Gasteiger partial charge in [-0.3, -0.25) is 0 Å². The highest BCUT2D eigenvalue weighted by Gasteiger charge is 2.20. The number of anilines is 2. The summed E-state index contributed by atoms with van der Waals surface area (Å²) in [6.45, 7) is 1.66. The summed E-state index contributed by atoms with van der Waals surface area (Å²) in [5.41, 5.74) is 14.8. The maximum Gasteiger partial charge on any atom is 0.181 e. The van der Waals surface area contributed by atoms with Crippen molar-refractivity contribution in [2.75, 3.05) is 24.7 Å². The zero-order valence-corrected chi connectivity index (χ0v) is 10.3. The Kier molecular flexibility index (Phi) is 2.64. The third-order valence-electron chi connectivity index (χ3n) is 3.28. The first kappa shape index (κ1) is 10.8. The molecular weight excluding hydrogens is 234 g/mol. The molecule has 3 rings (SSSR count). The normalized spacial score (nSPS) is 17.6. The fraction of sp³-hybridized carbons (Fsp3) is 0.417. The van der Waals surface area contributed by atoms with Crippen molar-refractivity contribution in [3.05, 3.63) is 17.7 Å². The number of benzene rings is 1. The van der Waals surface area contributed by atoms with Crippen molar-refractivity contribution in [2.45, 2.75) is 18.8 Å². The number of nitrogens with zero attached hydrogens (tertiary/aromatic N) is 1. The van der Waals surface area contributed by atoms with Crippen molar-refractivity contribution >= 4 is 32.4 Å². The number of aromatic nitrogens is 1. The van der Waals surface area contributed by atoms with Gasteiger partial charge < -0.3 is 16.2 Å². The van der Waals surface area contributed by atoms with E-state index in [2.05, 4.69) is 11.1 Å². The van der Waals surface area contributed by atoms with Gasteiger partial charge in [0.2, 0.25) is 0 Å². The summed E-state index contributed by atoms with van der Waals surface area (Å²) in [6.07, 6.45) is 2.10. The predicted octanol–water partition coefficient (Wildman–Crippen LogP) is 2.35.